The van der Waals surface area contributed by atoms with Crippen molar-refractivity contribution >= 4 is 0 Å². The number of hydrogen-bond donors (Lipinski definition) is 1. The molecule has 2 N–H and O–H groups in total. The summed E-state index contributed by atoms with van der Waals surface area (Å²) < 4.78 is 5.49. The van der Waals surface area contributed by atoms with E-state index in [1.807, 2.05) is 0 Å². The van der Waals surface area contributed by atoms with Crippen LogP contribution in [-0.2, 0) is 4.74 Å². The second-order valence-electron chi connectivity index (χ2n) is 6.00. The predicted octanol–water partition coefficient (Wildman–Crippen LogP) is 5.44. The highest BCUT2D eigenvalue weighted by molar-refractivity contribution is 4.49. The Kier molecular flexibility index (Phi) is 18.8. The Labute approximate surface area is 127 Å². The van der Waals surface area contributed by atoms with E-state index in [1.165, 1.54) is 83.5 Å². The first-order valence-electron chi connectivity index (χ1n) is 9.19. The number of unbranched alkanes of at least 4 members (excludes halogenated alkanes) is 12. The molecule has 0 aromatic heterocycles. The molecule has 0 aliphatic rings. The van der Waals surface area contributed by atoms with Gasteiger partial charge in [0, 0.05) is 13.2 Å². The van der Waals surface area contributed by atoms with E-state index in [9.17, 15) is 0 Å². The molecule has 0 saturated carbocycles. The maximum absolute atomic E-state index is 5.49. The van der Waals surface area contributed by atoms with E-state index in [0.29, 0.717) is 0 Å². The van der Waals surface area contributed by atoms with Crippen molar-refractivity contribution in [2.75, 3.05) is 19.8 Å². The summed E-state index contributed by atoms with van der Waals surface area (Å²) in [6.45, 7) is 4.80. The number of ether oxygens (including phenoxy) is 1. The molecular weight excluding hydrogens is 246 g/mol. The highest BCUT2D eigenvalue weighted by Gasteiger charge is 1.94. The Morgan fingerprint density at radius 1 is 0.550 bits per heavy atom. The van der Waals surface area contributed by atoms with Crippen LogP contribution < -0.4 is 5.73 Å². The van der Waals surface area contributed by atoms with Gasteiger partial charge in [-0.25, -0.2) is 0 Å². The Bertz CT molecular complexity index is 143. The van der Waals surface area contributed by atoms with Gasteiger partial charge in [-0.15, -0.1) is 0 Å². The zero-order chi connectivity index (χ0) is 14.7. The Hall–Kier alpha value is -0.0800. The van der Waals surface area contributed by atoms with Gasteiger partial charge in [0.05, 0.1) is 0 Å². The average molecular weight is 286 g/mol. The van der Waals surface area contributed by atoms with E-state index in [2.05, 4.69) is 6.92 Å². The number of rotatable bonds is 17. The summed E-state index contributed by atoms with van der Waals surface area (Å²) in [5.41, 5.74) is 5.41. The average Bonchev–Trinajstić information content (AvgIpc) is 2.47. The molecule has 0 aromatic rings. The Balaban J connectivity index is 2.89. The molecule has 0 bridgehead atoms. The van der Waals surface area contributed by atoms with E-state index < -0.39 is 0 Å². The summed E-state index contributed by atoms with van der Waals surface area (Å²) in [5.74, 6) is 0. The second-order valence-corrected chi connectivity index (χ2v) is 6.00. The van der Waals surface area contributed by atoms with E-state index in [0.717, 1.165) is 26.2 Å². The predicted molar refractivity (Wildman–Crippen MR) is 90.2 cm³/mol. The van der Waals surface area contributed by atoms with Gasteiger partial charge >= 0.3 is 0 Å². The van der Waals surface area contributed by atoms with Gasteiger partial charge in [-0.2, -0.15) is 0 Å². The van der Waals surface area contributed by atoms with Crippen molar-refractivity contribution in [3.63, 3.8) is 0 Å². The van der Waals surface area contributed by atoms with Crippen LogP contribution in [-0.4, -0.2) is 19.8 Å². The SMILES string of the molecule is CCCCCCCCCCCCCCCOCCCN. The molecule has 20 heavy (non-hydrogen) atoms. The lowest BCUT2D eigenvalue weighted by Gasteiger charge is -2.04. The van der Waals surface area contributed by atoms with Crippen molar-refractivity contribution in [2.24, 2.45) is 5.73 Å². The third-order valence-electron chi connectivity index (χ3n) is 3.89. The molecule has 0 spiro atoms. The first-order valence-corrected chi connectivity index (χ1v) is 9.19. The lowest BCUT2D eigenvalue weighted by atomic mass is 10.0. The molecule has 2 heteroatoms. The third kappa shape index (κ3) is 17.9. The molecule has 0 amide bonds. The van der Waals surface area contributed by atoms with Crippen LogP contribution in [0.15, 0.2) is 0 Å². The quantitative estimate of drug-likeness (QED) is 0.361. The summed E-state index contributed by atoms with van der Waals surface area (Å²) in [4.78, 5) is 0. The molecule has 2 nitrogen and oxygen atoms in total. The molecule has 0 rings (SSSR count). The largest absolute Gasteiger partial charge is 0.381 e. The van der Waals surface area contributed by atoms with Gasteiger partial charge in [-0.1, -0.05) is 84.0 Å². The van der Waals surface area contributed by atoms with Gasteiger partial charge in [-0.05, 0) is 19.4 Å². The molecule has 0 atom stereocenters. The highest BCUT2D eigenvalue weighted by Crippen LogP contribution is 2.12. The monoisotopic (exact) mass is 285 g/mol. The van der Waals surface area contributed by atoms with Crippen LogP contribution in [0.4, 0.5) is 0 Å². The maximum Gasteiger partial charge on any atom is 0.0478 e. The van der Waals surface area contributed by atoms with Crippen LogP contribution in [0.25, 0.3) is 0 Å². The third-order valence-corrected chi connectivity index (χ3v) is 3.89. The van der Waals surface area contributed by atoms with Gasteiger partial charge in [0.25, 0.3) is 0 Å². The van der Waals surface area contributed by atoms with Crippen LogP contribution in [0.5, 0.6) is 0 Å². The van der Waals surface area contributed by atoms with Crippen molar-refractivity contribution in [1.82, 2.24) is 0 Å². The molecule has 0 aliphatic carbocycles. The molecule has 122 valence electrons. The van der Waals surface area contributed by atoms with Gasteiger partial charge in [0.2, 0.25) is 0 Å². The number of nitrogens with two attached hydrogens (primary N) is 1. The zero-order valence-electron chi connectivity index (χ0n) is 14.0. The second kappa shape index (κ2) is 18.9. The topological polar surface area (TPSA) is 35.2 Å². The standard InChI is InChI=1S/C18H39NO/c1-2-3-4-5-6-7-8-9-10-11-12-13-14-17-20-18-15-16-19/h2-19H2,1H3. The number of hydrogen-bond acceptors (Lipinski definition) is 2. The van der Waals surface area contributed by atoms with Crippen LogP contribution in [0.2, 0.25) is 0 Å². The van der Waals surface area contributed by atoms with Crippen LogP contribution in [0.1, 0.15) is 96.8 Å². The lowest BCUT2D eigenvalue weighted by molar-refractivity contribution is 0.129. The highest BCUT2D eigenvalue weighted by atomic mass is 16.5. The summed E-state index contributed by atoms with van der Waals surface area (Å²) in [5, 5.41) is 0. The maximum atomic E-state index is 5.49. The minimum Gasteiger partial charge on any atom is -0.381 e. The first kappa shape index (κ1) is 19.9. The van der Waals surface area contributed by atoms with Crippen LogP contribution in [0, 0.1) is 0 Å². The fourth-order valence-corrected chi connectivity index (χ4v) is 2.51. The summed E-state index contributed by atoms with van der Waals surface area (Å²) in [7, 11) is 0. The molecule has 0 aliphatic heterocycles. The fourth-order valence-electron chi connectivity index (χ4n) is 2.51. The van der Waals surface area contributed by atoms with Crippen molar-refractivity contribution in [2.45, 2.75) is 96.8 Å². The van der Waals surface area contributed by atoms with E-state index >= 15 is 0 Å². The van der Waals surface area contributed by atoms with Gasteiger partial charge in [-0.3, -0.25) is 0 Å². The molecule has 0 heterocycles. The molecule has 0 unspecified atom stereocenters. The normalized spacial score (nSPS) is 11.1. The van der Waals surface area contributed by atoms with Crippen molar-refractivity contribution in [3.05, 3.63) is 0 Å². The van der Waals surface area contributed by atoms with Crippen molar-refractivity contribution in [1.29, 1.82) is 0 Å². The summed E-state index contributed by atoms with van der Waals surface area (Å²) in [6.07, 6.45) is 19.3. The smallest absolute Gasteiger partial charge is 0.0478 e. The van der Waals surface area contributed by atoms with E-state index in [4.69, 9.17) is 10.5 Å². The van der Waals surface area contributed by atoms with E-state index in [-0.39, 0.29) is 0 Å². The van der Waals surface area contributed by atoms with Crippen molar-refractivity contribution in [3.8, 4) is 0 Å². The summed E-state index contributed by atoms with van der Waals surface area (Å²) in [6, 6.07) is 0. The fraction of sp³-hybridized carbons (Fsp3) is 1.00. The Morgan fingerprint density at radius 2 is 0.950 bits per heavy atom. The lowest BCUT2D eigenvalue weighted by Crippen LogP contribution is -2.04. The zero-order valence-corrected chi connectivity index (χ0v) is 14.0. The van der Waals surface area contributed by atoms with E-state index in [1.54, 1.807) is 0 Å². The minimum atomic E-state index is 0.749. The molecule has 0 fully saturated rings. The minimum absolute atomic E-state index is 0.749. The van der Waals surface area contributed by atoms with Crippen LogP contribution >= 0.6 is 0 Å². The van der Waals surface area contributed by atoms with Gasteiger partial charge in [0.1, 0.15) is 0 Å². The van der Waals surface area contributed by atoms with Crippen LogP contribution in [0.3, 0.4) is 0 Å². The summed E-state index contributed by atoms with van der Waals surface area (Å²) >= 11 is 0. The first-order chi connectivity index (χ1) is 9.91. The van der Waals surface area contributed by atoms with Gasteiger partial charge in [0.15, 0.2) is 0 Å². The van der Waals surface area contributed by atoms with Crippen molar-refractivity contribution < 1.29 is 4.74 Å². The molecule has 0 aromatic carbocycles. The molecule has 0 saturated heterocycles. The molecule has 0 radical (unpaired) electrons. The Morgan fingerprint density at radius 3 is 1.40 bits per heavy atom. The van der Waals surface area contributed by atoms with Gasteiger partial charge < -0.3 is 10.5 Å². The molecular formula is C18H39NO.